The van der Waals surface area contributed by atoms with Gasteiger partial charge in [0.25, 0.3) is 0 Å². The van der Waals surface area contributed by atoms with Gasteiger partial charge in [0.2, 0.25) is 0 Å². The molecule has 0 aliphatic heterocycles. The van der Waals surface area contributed by atoms with Crippen LogP contribution in [0.4, 0.5) is 5.69 Å². The molecule has 0 aliphatic rings. The average molecular weight is 261 g/mol. The van der Waals surface area contributed by atoms with Crippen molar-refractivity contribution >= 4 is 12.0 Å². The fourth-order valence-corrected chi connectivity index (χ4v) is 1.68. The first-order chi connectivity index (χ1) is 9.06. The van der Waals surface area contributed by atoms with Crippen molar-refractivity contribution in [1.82, 2.24) is 9.78 Å². The second-order valence-electron chi connectivity index (χ2n) is 3.85. The minimum Gasteiger partial charge on any atom is -0.490 e. The van der Waals surface area contributed by atoms with E-state index < -0.39 is 4.92 Å². The molecule has 2 rings (SSSR count). The van der Waals surface area contributed by atoms with E-state index in [2.05, 4.69) is 5.10 Å². The Bertz CT molecular complexity index is 648. The van der Waals surface area contributed by atoms with E-state index in [1.165, 1.54) is 30.1 Å². The number of benzene rings is 1. The average Bonchev–Trinajstić information content (AvgIpc) is 2.79. The fourth-order valence-electron chi connectivity index (χ4n) is 1.68. The van der Waals surface area contributed by atoms with Crippen molar-refractivity contribution in [1.29, 1.82) is 0 Å². The van der Waals surface area contributed by atoms with Crippen LogP contribution in [-0.2, 0) is 0 Å². The first kappa shape index (κ1) is 12.7. The number of aldehydes is 1. The number of rotatable bonds is 4. The fraction of sp³-hybridized carbons (Fsp3) is 0.167. The zero-order chi connectivity index (χ0) is 14.0. The summed E-state index contributed by atoms with van der Waals surface area (Å²) < 4.78 is 6.34. The zero-order valence-electron chi connectivity index (χ0n) is 10.4. The highest BCUT2D eigenvalue weighted by molar-refractivity contribution is 5.76. The summed E-state index contributed by atoms with van der Waals surface area (Å²) in [5.41, 5.74) is 1.34. The van der Waals surface area contributed by atoms with Crippen molar-refractivity contribution < 1.29 is 14.5 Å². The van der Waals surface area contributed by atoms with Crippen LogP contribution in [0.15, 0.2) is 24.4 Å². The van der Waals surface area contributed by atoms with Crippen LogP contribution in [0.5, 0.6) is 5.75 Å². The molecule has 7 heteroatoms. The Balaban J connectivity index is 2.53. The molecule has 0 fully saturated rings. The molecule has 0 aliphatic carbocycles. The number of carbonyl (C=O) groups excluding carboxylic acids is 1. The van der Waals surface area contributed by atoms with E-state index in [9.17, 15) is 14.9 Å². The van der Waals surface area contributed by atoms with Crippen LogP contribution in [0.25, 0.3) is 5.69 Å². The lowest BCUT2D eigenvalue weighted by atomic mass is 10.2. The Labute approximate surface area is 108 Å². The van der Waals surface area contributed by atoms with Crippen LogP contribution in [0.3, 0.4) is 0 Å². The molecule has 0 saturated carbocycles. The van der Waals surface area contributed by atoms with Gasteiger partial charge < -0.3 is 4.74 Å². The Morgan fingerprint density at radius 2 is 2.21 bits per heavy atom. The number of nitro groups is 1. The first-order valence-corrected chi connectivity index (χ1v) is 5.41. The summed E-state index contributed by atoms with van der Waals surface area (Å²) in [6.07, 6.45) is 2.21. The van der Waals surface area contributed by atoms with E-state index in [0.717, 1.165) is 0 Å². The summed E-state index contributed by atoms with van der Waals surface area (Å²) >= 11 is 0. The summed E-state index contributed by atoms with van der Waals surface area (Å²) in [5.74, 6) is 0.174. The van der Waals surface area contributed by atoms with Gasteiger partial charge in [-0.25, -0.2) is 4.68 Å². The predicted molar refractivity (Wildman–Crippen MR) is 66.9 cm³/mol. The largest absolute Gasteiger partial charge is 0.490 e. The molecule has 0 saturated heterocycles. The Kier molecular flexibility index (Phi) is 3.28. The van der Waals surface area contributed by atoms with E-state index in [-0.39, 0.29) is 11.4 Å². The monoisotopic (exact) mass is 261 g/mol. The number of nitro benzene ring substituents is 1. The molecule has 0 atom stereocenters. The molecule has 0 N–H and O–H groups in total. The van der Waals surface area contributed by atoms with Crippen LogP contribution < -0.4 is 4.74 Å². The normalized spacial score (nSPS) is 10.2. The number of nitrogens with zero attached hydrogens (tertiary/aromatic N) is 3. The molecule has 19 heavy (non-hydrogen) atoms. The van der Waals surface area contributed by atoms with Crippen molar-refractivity contribution in [3.8, 4) is 11.4 Å². The number of hydrogen-bond acceptors (Lipinski definition) is 5. The predicted octanol–water partition coefficient (Wildman–Crippen LogP) is 1.91. The van der Waals surface area contributed by atoms with Gasteiger partial charge in [0.05, 0.1) is 29.0 Å². The van der Waals surface area contributed by atoms with Gasteiger partial charge >= 0.3 is 5.69 Å². The Morgan fingerprint density at radius 1 is 1.47 bits per heavy atom. The number of aromatic nitrogens is 2. The summed E-state index contributed by atoms with van der Waals surface area (Å²) in [6.45, 7) is 1.69. The Hall–Kier alpha value is -2.70. The van der Waals surface area contributed by atoms with Crippen molar-refractivity contribution in [3.05, 3.63) is 45.8 Å². The van der Waals surface area contributed by atoms with Gasteiger partial charge in [0.15, 0.2) is 12.0 Å². The van der Waals surface area contributed by atoms with Crippen molar-refractivity contribution in [2.45, 2.75) is 6.92 Å². The number of aryl methyl sites for hydroxylation is 1. The standard InChI is InChI=1S/C12H11N3O4/c1-8-9(7-16)6-14(13-8)10-3-4-12(19-2)11(5-10)15(17)18/h3-7H,1-2H3. The molecule has 1 aromatic carbocycles. The lowest BCUT2D eigenvalue weighted by molar-refractivity contribution is -0.385. The summed E-state index contributed by atoms with van der Waals surface area (Å²) in [6, 6.07) is 4.47. The molecule has 98 valence electrons. The van der Waals surface area contributed by atoms with Gasteiger partial charge in [-0.1, -0.05) is 0 Å². The van der Waals surface area contributed by atoms with Gasteiger partial charge in [-0.05, 0) is 19.1 Å². The Morgan fingerprint density at radius 3 is 2.74 bits per heavy atom. The van der Waals surface area contributed by atoms with Crippen molar-refractivity contribution in [2.75, 3.05) is 7.11 Å². The molecule has 7 nitrogen and oxygen atoms in total. The van der Waals surface area contributed by atoms with Gasteiger partial charge in [-0.15, -0.1) is 0 Å². The molecule has 0 bridgehead atoms. The molecule has 0 unspecified atom stereocenters. The minimum atomic E-state index is -0.528. The summed E-state index contributed by atoms with van der Waals surface area (Å²) in [5, 5.41) is 15.1. The molecule has 1 aromatic heterocycles. The van der Waals surface area contributed by atoms with Crippen LogP contribution in [0.1, 0.15) is 16.1 Å². The van der Waals surface area contributed by atoms with Gasteiger partial charge in [0, 0.05) is 12.3 Å². The molecular weight excluding hydrogens is 250 g/mol. The maximum absolute atomic E-state index is 10.9. The maximum Gasteiger partial charge on any atom is 0.313 e. The van der Waals surface area contributed by atoms with Crippen LogP contribution >= 0.6 is 0 Å². The van der Waals surface area contributed by atoms with Crippen LogP contribution in [0.2, 0.25) is 0 Å². The smallest absolute Gasteiger partial charge is 0.313 e. The van der Waals surface area contributed by atoms with E-state index in [1.807, 2.05) is 0 Å². The molecular formula is C12H11N3O4. The molecule has 1 heterocycles. The highest BCUT2D eigenvalue weighted by Gasteiger charge is 2.16. The third-order valence-electron chi connectivity index (χ3n) is 2.69. The number of methoxy groups -OCH3 is 1. The second kappa shape index (κ2) is 4.89. The molecule has 0 radical (unpaired) electrons. The highest BCUT2D eigenvalue weighted by Crippen LogP contribution is 2.28. The minimum absolute atomic E-state index is 0.152. The molecule has 2 aromatic rings. The SMILES string of the molecule is COc1ccc(-n2cc(C=O)c(C)n2)cc1[N+](=O)[O-]. The highest BCUT2D eigenvalue weighted by atomic mass is 16.6. The van der Waals surface area contributed by atoms with E-state index in [1.54, 1.807) is 13.0 Å². The summed E-state index contributed by atoms with van der Waals surface area (Å²) in [7, 11) is 1.37. The zero-order valence-corrected chi connectivity index (χ0v) is 10.4. The van der Waals surface area contributed by atoms with Crippen molar-refractivity contribution in [2.24, 2.45) is 0 Å². The van der Waals surface area contributed by atoms with Gasteiger partial charge in [-0.2, -0.15) is 5.10 Å². The van der Waals surface area contributed by atoms with E-state index in [0.29, 0.717) is 23.2 Å². The first-order valence-electron chi connectivity index (χ1n) is 5.41. The lowest BCUT2D eigenvalue weighted by Gasteiger charge is -2.04. The number of hydrogen-bond donors (Lipinski definition) is 0. The maximum atomic E-state index is 10.9. The third-order valence-corrected chi connectivity index (χ3v) is 2.69. The number of ether oxygens (including phenoxy) is 1. The molecule has 0 amide bonds. The van der Waals surface area contributed by atoms with Gasteiger partial charge in [-0.3, -0.25) is 14.9 Å². The summed E-state index contributed by atoms with van der Waals surface area (Å²) in [4.78, 5) is 21.2. The van der Waals surface area contributed by atoms with Crippen LogP contribution in [0, 0.1) is 17.0 Å². The second-order valence-corrected chi connectivity index (χ2v) is 3.85. The van der Waals surface area contributed by atoms with Crippen LogP contribution in [-0.4, -0.2) is 28.1 Å². The van der Waals surface area contributed by atoms with E-state index >= 15 is 0 Å². The number of carbonyl (C=O) groups is 1. The van der Waals surface area contributed by atoms with Crippen molar-refractivity contribution in [3.63, 3.8) is 0 Å². The quantitative estimate of drug-likeness (QED) is 0.476. The van der Waals surface area contributed by atoms with Gasteiger partial charge in [0.1, 0.15) is 0 Å². The third kappa shape index (κ3) is 2.30. The topological polar surface area (TPSA) is 87.3 Å². The lowest BCUT2D eigenvalue weighted by Crippen LogP contribution is -1.99. The van der Waals surface area contributed by atoms with E-state index in [4.69, 9.17) is 4.74 Å². The molecule has 0 spiro atoms.